The quantitative estimate of drug-likeness (QED) is 0.386. The second kappa shape index (κ2) is 2.72. The zero-order valence-electron chi connectivity index (χ0n) is 5.73. The van der Waals surface area contributed by atoms with Gasteiger partial charge in [-0.3, -0.25) is 0 Å². The van der Waals surface area contributed by atoms with Crippen molar-refractivity contribution in [2.75, 3.05) is 0 Å². The molecule has 54 valence electrons. The van der Waals surface area contributed by atoms with E-state index in [9.17, 15) is 4.79 Å². The van der Waals surface area contributed by atoms with E-state index < -0.39 is 18.2 Å². The van der Waals surface area contributed by atoms with Gasteiger partial charge in [0.2, 0.25) is 0 Å². The van der Waals surface area contributed by atoms with E-state index in [-0.39, 0.29) is 5.92 Å². The smallest absolute Gasteiger partial charge is 0.163 e. The highest BCUT2D eigenvalue weighted by Gasteiger charge is 2.37. The summed E-state index contributed by atoms with van der Waals surface area (Å²) in [4.78, 5) is 10.3. The number of carbonyl (C=O) groups excluding carboxylic acids is 1. The van der Waals surface area contributed by atoms with E-state index in [1.807, 2.05) is 0 Å². The first kappa shape index (κ1) is 7.76. The Hall–Kier alpha value is -0.345. The number of hydrogen-bond acceptors (Lipinski definition) is 3. The van der Waals surface area contributed by atoms with Crippen LogP contribution in [0.25, 0.3) is 0 Å². The van der Waals surface area contributed by atoms with Gasteiger partial charge in [-0.15, -0.1) is 0 Å². The van der Waals surface area contributed by atoms with Crippen molar-refractivity contribution < 1.29 is 14.6 Å². The van der Waals surface area contributed by atoms with Crippen molar-refractivity contribution in [3.05, 3.63) is 0 Å². The van der Waals surface area contributed by atoms with Gasteiger partial charge >= 0.3 is 0 Å². The molecule has 2 radical (unpaired) electrons. The lowest BCUT2D eigenvalue weighted by atomic mass is 9.83. The van der Waals surface area contributed by atoms with Crippen LogP contribution >= 0.6 is 0 Å². The Morgan fingerprint density at radius 2 is 2.30 bits per heavy atom. The van der Waals surface area contributed by atoms with Gasteiger partial charge in [-0.1, -0.05) is 6.92 Å². The molecule has 1 rings (SSSR count). The zero-order chi connectivity index (χ0) is 7.72. The van der Waals surface area contributed by atoms with E-state index in [2.05, 4.69) is 0 Å². The fraction of sp³-hybridized carbons (Fsp3) is 0.833. The van der Waals surface area contributed by atoms with Gasteiger partial charge in [0, 0.05) is 6.00 Å². The van der Waals surface area contributed by atoms with Crippen LogP contribution in [0.2, 0.25) is 0 Å². The van der Waals surface area contributed by atoms with Gasteiger partial charge in [-0.25, -0.2) is 0 Å². The summed E-state index contributed by atoms with van der Waals surface area (Å²) in [6.45, 7) is 1.78. The molecule has 1 saturated heterocycles. The van der Waals surface area contributed by atoms with Gasteiger partial charge in [-0.2, -0.15) is 0 Å². The molecule has 0 aliphatic carbocycles. The third kappa shape index (κ3) is 1.09. The molecule has 10 heavy (non-hydrogen) atoms. The van der Waals surface area contributed by atoms with Gasteiger partial charge in [0.15, 0.2) is 6.29 Å². The lowest BCUT2D eigenvalue weighted by Crippen LogP contribution is -2.20. The Bertz CT molecular complexity index is 139. The first-order valence-electron chi connectivity index (χ1n) is 3.21. The highest BCUT2D eigenvalue weighted by Crippen LogP contribution is 2.27. The number of ether oxygens (including phenoxy) is 1. The number of aldehydes is 1. The fourth-order valence-electron chi connectivity index (χ4n) is 1.05. The first-order chi connectivity index (χ1) is 4.66. The van der Waals surface area contributed by atoms with Crippen molar-refractivity contribution in [2.45, 2.75) is 19.2 Å². The summed E-state index contributed by atoms with van der Waals surface area (Å²) in [6, 6.07) is -0.509. The molecule has 0 saturated carbocycles. The van der Waals surface area contributed by atoms with Crippen molar-refractivity contribution in [1.29, 1.82) is 0 Å². The maximum absolute atomic E-state index is 10.3. The molecular formula is C6H9BO3. The minimum absolute atomic E-state index is 0.0903. The minimum atomic E-state index is -1.01. The van der Waals surface area contributed by atoms with Crippen LogP contribution < -0.4 is 0 Å². The Kier molecular flexibility index (Phi) is 2.11. The largest absolute Gasteiger partial charge is 0.367 e. The molecule has 1 fully saturated rings. The molecule has 0 bridgehead atoms. The van der Waals surface area contributed by atoms with E-state index >= 15 is 0 Å². The summed E-state index contributed by atoms with van der Waals surface area (Å²) in [5.74, 6) is -0.553. The van der Waals surface area contributed by atoms with Gasteiger partial charge < -0.3 is 14.6 Å². The van der Waals surface area contributed by atoms with Gasteiger partial charge in [-0.05, 0) is 5.92 Å². The molecule has 4 atom stereocenters. The highest BCUT2D eigenvalue weighted by atomic mass is 16.6. The molecule has 0 aromatic rings. The number of aliphatic hydroxyl groups excluding tert-OH is 1. The van der Waals surface area contributed by atoms with Crippen LogP contribution in [0.3, 0.4) is 0 Å². The minimum Gasteiger partial charge on any atom is -0.367 e. The van der Waals surface area contributed by atoms with E-state index in [0.717, 1.165) is 0 Å². The predicted molar refractivity (Wildman–Crippen MR) is 35.4 cm³/mol. The molecule has 4 unspecified atom stereocenters. The summed E-state index contributed by atoms with van der Waals surface area (Å²) in [5, 5.41) is 9.00. The van der Waals surface area contributed by atoms with Crippen LogP contribution in [0.5, 0.6) is 0 Å². The Morgan fingerprint density at radius 1 is 1.70 bits per heavy atom. The van der Waals surface area contributed by atoms with Crippen LogP contribution in [0.4, 0.5) is 0 Å². The third-order valence-electron chi connectivity index (χ3n) is 1.91. The SMILES string of the molecule is [B]C1OC(O)C(C=O)C1C. The summed E-state index contributed by atoms with van der Waals surface area (Å²) < 4.78 is 4.78. The van der Waals surface area contributed by atoms with E-state index in [4.69, 9.17) is 17.7 Å². The van der Waals surface area contributed by atoms with Crippen molar-refractivity contribution >= 4 is 14.1 Å². The van der Waals surface area contributed by atoms with Crippen molar-refractivity contribution in [3.8, 4) is 0 Å². The fourth-order valence-corrected chi connectivity index (χ4v) is 1.05. The Morgan fingerprint density at radius 3 is 2.50 bits per heavy atom. The molecule has 3 nitrogen and oxygen atoms in total. The molecule has 4 heteroatoms. The van der Waals surface area contributed by atoms with Crippen LogP contribution in [-0.2, 0) is 9.53 Å². The molecule has 1 N–H and O–H groups in total. The highest BCUT2D eigenvalue weighted by molar-refractivity contribution is 6.11. The predicted octanol–water partition coefficient (Wildman–Crippen LogP) is -0.719. The van der Waals surface area contributed by atoms with E-state index in [0.29, 0.717) is 6.29 Å². The zero-order valence-corrected chi connectivity index (χ0v) is 5.73. The third-order valence-corrected chi connectivity index (χ3v) is 1.91. The Labute approximate surface area is 60.8 Å². The summed E-state index contributed by atoms with van der Waals surface area (Å²) in [7, 11) is 5.39. The summed E-state index contributed by atoms with van der Waals surface area (Å²) >= 11 is 0. The lowest BCUT2D eigenvalue weighted by molar-refractivity contribution is -0.125. The van der Waals surface area contributed by atoms with Crippen LogP contribution in [0.15, 0.2) is 0 Å². The number of hydrogen-bond donors (Lipinski definition) is 1. The molecular weight excluding hydrogens is 131 g/mol. The van der Waals surface area contributed by atoms with Crippen LogP contribution in [0, 0.1) is 11.8 Å². The van der Waals surface area contributed by atoms with Crippen molar-refractivity contribution in [2.24, 2.45) is 11.8 Å². The Balaban J connectivity index is 2.63. The molecule has 0 spiro atoms. The van der Waals surface area contributed by atoms with Crippen LogP contribution in [0.1, 0.15) is 6.92 Å². The standard InChI is InChI=1S/C6H9BO3/c1-3-4(2-8)6(9)10-5(3)7/h2-6,9H,1H3. The second-order valence-electron chi connectivity index (χ2n) is 2.56. The normalized spacial score (nSPS) is 47.4. The average Bonchev–Trinajstić information content (AvgIpc) is 2.09. The molecule has 0 aromatic heterocycles. The van der Waals surface area contributed by atoms with E-state index in [1.54, 1.807) is 6.92 Å². The number of rotatable bonds is 1. The molecule has 1 aliphatic heterocycles. The first-order valence-corrected chi connectivity index (χ1v) is 3.21. The topological polar surface area (TPSA) is 46.5 Å². The molecule has 0 amide bonds. The van der Waals surface area contributed by atoms with Gasteiger partial charge in [0.05, 0.1) is 5.92 Å². The van der Waals surface area contributed by atoms with Crippen molar-refractivity contribution in [3.63, 3.8) is 0 Å². The number of aliphatic hydroxyl groups is 1. The number of carbonyl (C=O) groups is 1. The van der Waals surface area contributed by atoms with E-state index in [1.165, 1.54) is 0 Å². The second-order valence-corrected chi connectivity index (χ2v) is 2.56. The van der Waals surface area contributed by atoms with Crippen LogP contribution in [-0.4, -0.2) is 31.5 Å². The summed E-state index contributed by atoms with van der Waals surface area (Å²) in [6.07, 6.45) is -0.329. The molecule has 1 aliphatic rings. The lowest BCUT2D eigenvalue weighted by Gasteiger charge is -2.08. The summed E-state index contributed by atoms with van der Waals surface area (Å²) in [5.41, 5.74) is 0. The average molecular weight is 140 g/mol. The monoisotopic (exact) mass is 140 g/mol. The van der Waals surface area contributed by atoms with Crippen molar-refractivity contribution in [1.82, 2.24) is 0 Å². The maximum Gasteiger partial charge on any atom is 0.163 e. The van der Waals surface area contributed by atoms with Gasteiger partial charge in [0.25, 0.3) is 0 Å². The maximum atomic E-state index is 10.3. The molecule has 1 heterocycles. The van der Waals surface area contributed by atoms with Gasteiger partial charge in [0.1, 0.15) is 14.1 Å². The molecule has 0 aromatic carbocycles.